The minimum Gasteiger partial charge on any atom is -0.384 e. The van der Waals surface area contributed by atoms with E-state index in [1.54, 1.807) is 17.2 Å². The topological polar surface area (TPSA) is 98.4 Å². The predicted molar refractivity (Wildman–Crippen MR) is 136 cm³/mol. The zero-order chi connectivity index (χ0) is 24.8. The number of hydrogen-bond acceptors (Lipinski definition) is 6. The maximum Gasteiger partial charge on any atom is 0.273 e. The van der Waals surface area contributed by atoms with Crippen molar-refractivity contribution >= 4 is 34.0 Å². The number of ether oxygens (including phenoxy) is 1. The third-order valence-electron chi connectivity index (χ3n) is 6.20. The lowest BCUT2D eigenvalue weighted by atomic mass is 9.91. The van der Waals surface area contributed by atoms with Gasteiger partial charge >= 0.3 is 0 Å². The number of amides is 1. The number of carbonyl (C=O) groups excluding carboxylic acids is 2. The first-order valence-corrected chi connectivity index (χ1v) is 11.8. The molecule has 2 N–H and O–H groups in total. The van der Waals surface area contributed by atoms with E-state index in [9.17, 15) is 9.59 Å². The molecule has 2 aromatic rings. The Morgan fingerprint density at radius 1 is 1.15 bits per heavy atom. The highest BCUT2D eigenvalue weighted by Gasteiger charge is 2.25. The summed E-state index contributed by atoms with van der Waals surface area (Å²) >= 11 is 0. The van der Waals surface area contributed by atoms with Crippen LogP contribution in [0.5, 0.6) is 0 Å². The Bertz CT molecular complexity index is 1190. The highest BCUT2D eigenvalue weighted by molar-refractivity contribution is 6.03. The van der Waals surface area contributed by atoms with E-state index in [-0.39, 0.29) is 11.7 Å². The number of aromatic nitrogens is 2. The molecule has 0 bridgehead atoms. The fourth-order valence-corrected chi connectivity index (χ4v) is 4.08. The lowest BCUT2D eigenvalue weighted by Crippen LogP contribution is -2.41. The second kappa shape index (κ2) is 11.2. The first-order chi connectivity index (χ1) is 16.3. The molecule has 34 heavy (non-hydrogen) atoms. The zero-order valence-corrected chi connectivity index (χ0v) is 20.8. The number of morpholine rings is 1. The van der Waals surface area contributed by atoms with Gasteiger partial charge in [-0.15, -0.1) is 0 Å². The number of nitrogens with two attached hydrogens (primary N) is 1. The third kappa shape index (κ3) is 5.42. The lowest BCUT2D eigenvalue weighted by molar-refractivity contribution is -0.115. The number of anilines is 1. The molecule has 3 heterocycles. The fourth-order valence-electron chi connectivity index (χ4n) is 4.08. The molecule has 1 aliphatic heterocycles. The van der Waals surface area contributed by atoms with Crippen LogP contribution in [0.3, 0.4) is 0 Å². The van der Waals surface area contributed by atoms with Gasteiger partial charge in [0.1, 0.15) is 11.5 Å². The van der Waals surface area contributed by atoms with Crippen molar-refractivity contribution in [2.45, 2.75) is 47.5 Å². The van der Waals surface area contributed by atoms with Crippen LogP contribution in [-0.4, -0.2) is 52.9 Å². The molecule has 3 rings (SSSR count). The van der Waals surface area contributed by atoms with Gasteiger partial charge in [0.2, 0.25) is 0 Å². The minimum atomic E-state index is -0.145. The van der Waals surface area contributed by atoms with Crippen LogP contribution >= 0.6 is 0 Å². The smallest absolute Gasteiger partial charge is 0.273 e. The summed E-state index contributed by atoms with van der Waals surface area (Å²) < 4.78 is 5.42. The molecule has 0 atom stereocenters. The minimum absolute atomic E-state index is 0.107. The third-order valence-corrected chi connectivity index (χ3v) is 6.20. The van der Waals surface area contributed by atoms with Crippen LogP contribution in [-0.2, 0) is 9.53 Å². The van der Waals surface area contributed by atoms with Crippen LogP contribution in [0.2, 0.25) is 0 Å². The highest BCUT2D eigenvalue weighted by Crippen LogP contribution is 2.31. The quantitative estimate of drug-likeness (QED) is 0.471. The van der Waals surface area contributed by atoms with E-state index in [2.05, 4.69) is 4.98 Å². The van der Waals surface area contributed by atoms with E-state index < -0.39 is 0 Å². The number of ketones is 1. The van der Waals surface area contributed by atoms with Gasteiger partial charge in [-0.25, -0.2) is 9.97 Å². The molecule has 1 saturated heterocycles. The SMILES string of the molecule is C\C=C(/C(C)=C\C(C(=O)CC)=C(/C)CC)c1cc2cnc(N)cc2nc1C(=O)N1CCOCC1. The van der Waals surface area contributed by atoms with Gasteiger partial charge in [0.25, 0.3) is 5.91 Å². The molecule has 0 aromatic carbocycles. The van der Waals surface area contributed by atoms with Crippen molar-refractivity contribution in [3.05, 3.63) is 58.5 Å². The second-order valence-corrected chi connectivity index (χ2v) is 8.44. The normalized spacial score (nSPS) is 16.0. The highest BCUT2D eigenvalue weighted by atomic mass is 16.5. The number of Topliss-reactive ketones (excluding diaryl/α,β-unsaturated/α-hetero) is 1. The fraction of sp³-hybridized carbons (Fsp3) is 0.407. The Morgan fingerprint density at radius 2 is 1.85 bits per heavy atom. The maximum absolute atomic E-state index is 13.6. The van der Waals surface area contributed by atoms with Gasteiger partial charge in [-0.1, -0.05) is 25.5 Å². The van der Waals surface area contributed by atoms with Gasteiger partial charge in [-0.3, -0.25) is 9.59 Å². The van der Waals surface area contributed by atoms with Crippen molar-refractivity contribution in [1.82, 2.24) is 14.9 Å². The average molecular weight is 463 g/mol. The van der Waals surface area contributed by atoms with E-state index in [0.29, 0.717) is 55.3 Å². The molecule has 0 radical (unpaired) electrons. The first kappa shape index (κ1) is 25.3. The Morgan fingerprint density at radius 3 is 2.47 bits per heavy atom. The molecule has 2 aromatic heterocycles. The van der Waals surface area contributed by atoms with Gasteiger partial charge in [0.05, 0.1) is 18.7 Å². The average Bonchev–Trinajstić information content (AvgIpc) is 2.86. The number of nitrogens with zero attached hydrogens (tertiary/aromatic N) is 3. The molecule has 1 aliphatic rings. The number of rotatable bonds is 7. The van der Waals surface area contributed by atoms with Crippen LogP contribution < -0.4 is 5.73 Å². The number of fused-ring (bicyclic) bond motifs is 1. The first-order valence-electron chi connectivity index (χ1n) is 11.8. The molecule has 7 heteroatoms. The largest absolute Gasteiger partial charge is 0.384 e. The van der Waals surface area contributed by atoms with E-state index in [4.69, 9.17) is 15.5 Å². The molecule has 0 spiro atoms. The van der Waals surface area contributed by atoms with Crippen LogP contribution in [0.25, 0.3) is 16.5 Å². The monoisotopic (exact) mass is 462 g/mol. The Kier molecular flexibility index (Phi) is 8.34. The number of nitrogen functional groups attached to an aromatic ring is 1. The number of pyridine rings is 2. The zero-order valence-electron chi connectivity index (χ0n) is 20.8. The molecule has 0 aliphatic carbocycles. The van der Waals surface area contributed by atoms with E-state index in [1.165, 1.54) is 0 Å². The summed E-state index contributed by atoms with van der Waals surface area (Å²) in [6, 6.07) is 3.62. The van der Waals surface area contributed by atoms with Crippen molar-refractivity contribution < 1.29 is 14.3 Å². The van der Waals surface area contributed by atoms with E-state index in [1.807, 2.05) is 52.8 Å². The van der Waals surface area contributed by atoms with Gasteiger partial charge in [0.15, 0.2) is 5.78 Å². The van der Waals surface area contributed by atoms with Gasteiger partial charge in [0, 0.05) is 48.3 Å². The number of allylic oxidation sites excluding steroid dienone is 6. The molecule has 180 valence electrons. The van der Waals surface area contributed by atoms with Crippen LogP contribution in [0.4, 0.5) is 5.82 Å². The van der Waals surface area contributed by atoms with E-state index in [0.717, 1.165) is 34.1 Å². The Labute approximate surface area is 201 Å². The standard InChI is InChI=1S/C27H34N4O3/c1-6-17(4)21(24(32)8-3)13-18(5)20(7-2)22-14-19-16-29-25(28)15-23(19)30-26(22)27(33)31-9-11-34-12-10-31/h7,13-16H,6,8-12H2,1-5H3,(H2,28,29)/b18-13-,20-7+,21-17-. The number of carbonyl (C=O) groups is 2. The van der Waals surface area contributed by atoms with Gasteiger partial charge in [-0.05, 0) is 50.5 Å². The van der Waals surface area contributed by atoms with Gasteiger partial charge in [-0.2, -0.15) is 0 Å². The second-order valence-electron chi connectivity index (χ2n) is 8.44. The molecule has 0 saturated carbocycles. The lowest BCUT2D eigenvalue weighted by Gasteiger charge is -2.27. The summed E-state index contributed by atoms with van der Waals surface area (Å²) in [6.07, 6.45) is 6.80. The summed E-state index contributed by atoms with van der Waals surface area (Å²) in [5.74, 6) is 0.311. The summed E-state index contributed by atoms with van der Waals surface area (Å²) in [7, 11) is 0. The van der Waals surface area contributed by atoms with Crippen LogP contribution in [0, 0.1) is 0 Å². The molecule has 1 fully saturated rings. The molecule has 0 unspecified atom stereocenters. The molecular formula is C27H34N4O3. The van der Waals surface area contributed by atoms with Crippen molar-refractivity contribution in [2.75, 3.05) is 32.0 Å². The molecular weight excluding hydrogens is 428 g/mol. The van der Waals surface area contributed by atoms with Crippen molar-refractivity contribution in [1.29, 1.82) is 0 Å². The summed E-state index contributed by atoms with van der Waals surface area (Å²) in [5, 5.41) is 0.792. The van der Waals surface area contributed by atoms with Crippen molar-refractivity contribution in [3.8, 4) is 0 Å². The Hall–Kier alpha value is -3.32. The maximum atomic E-state index is 13.6. The summed E-state index contributed by atoms with van der Waals surface area (Å²) in [6.45, 7) is 11.8. The molecule has 7 nitrogen and oxygen atoms in total. The van der Waals surface area contributed by atoms with Crippen LogP contribution in [0.15, 0.2) is 47.2 Å². The van der Waals surface area contributed by atoms with Crippen LogP contribution in [0.1, 0.15) is 63.5 Å². The van der Waals surface area contributed by atoms with E-state index >= 15 is 0 Å². The van der Waals surface area contributed by atoms with Crippen molar-refractivity contribution in [3.63, 3.8) is 0 Å². The van der Waals surface area contributed by atoms with Crippen molar-refractivity contribution in [2.24, 2.45) is 0 Å². The molecule has 1 amide bonds. The number of hydrogen-bond donors (Lipinski definition) is 1. The summed E-state index contributed by atoms with van der Waals surface area (Å²) in [5.41, 5.74) is 11.1. The Balaban J connectivity index is 2.19. The predicted octanol–water partition coefficient (Wildman–Crippen LogP) is 4.74. The van der Waals surface area contributed by atoms with Gasteiger partial charge < -0.3 is 15.4 Å². The summed E-state index contributed by atoms with van der Waals surface area (Å²) in [4.78, 5) is 36.9.